The van der Waals surface area contributed by atoms with Crippen LogP contribution < -0.4 is 0 Å². The summed E-state index contributed by atoms with van der Waals surface area (Å²) in [5.41, 5.74) is 4.02. The monoisotopic (exact) mass is 700 g/mol. The van der Waals surface area contributed by atoms with Crippen molar-refractivity contribution in [1.29, 1.82) is 15.8 Å². The fourth-order valence-electron chi connectivity index (χ4n) is 6.42. The van der Waals surface area contributed by atoms with Crippen LogP contribution in [0.25, 0.3) is 77.6 Å². The molecule has 6 nitrogen and oxygen atoms in total. The van der Waals surface area contributed by atoms with Gasteiger partial charge in [-0.1, -0.05) is 66.7 Å². The summed E-state index contributed by atoms with van der Waals surface area (Å²) in [6.45, 7) is 0. The van der Waals surface area contributed by atoms with E-state index in [1.807, 2.05) is 12.1 Å². The maximum atomic E-state index is 14.7. The van der Waals surface area contributed by atoms with Crippen LogP contribution in [0.1, 0.15) is 16.7 Å². The summed E-state index contributed by atoms with van der Waals surface area (Å²) >= 11 is 0. The molecule has 0 fully saturated rings. The average Bonchev–Trinajstić information content (AvgIpc) is 3.21. The molecule has 0 aliphatic heterocycles. The van der Waals surface area contributed by atoms with Gasteiger partial charge in [0, 0.05) is 32.8 Å². The molecule has 8 rings (SSSR count). The Bertz CT molecular complexity index is 2930. The van der Waals surface area contributed by atoms with Crippen LogP contribution in [0.2, 0.25) is 0 Å². The van der Waals surface area contributed by atoms with E-state index >= 15 is 0 Å². The van der Waals surface area contributed by atoms with E-state index in [1.165, 1.54) is 24.3 Å². The quantitative estimate of drug-likeness (QED) is 0.0782. The zero-order chi connectivity index (χ0) is 37.0. The van der Waals surface area contributed by atoms with Gasteiger partial charge in [0.1, 0.15) is 0 Å². The molecular formula is C42H17F5N6. The Morgan fingerprint density at radius 2 is 0.906 bits per heavy atom. The fourth-order valence-corrected chi connectivity index (χ4v) is 6.42. The van der Waals surface area contributed by atoms with Gasteiger partial charge in [0.05, 0.1) is 74.1 Å². The minimum absolute atomic E-state index is 0.191. The number of nitriles is 3. The van der Waals surface area contributed by atoms with E-state index in [1.54, 1.807) is 66.7 Å². The van der Waals surface area contributed by atoms with Gasteiger partial charge in [-0.25, -0.2) is 36.9 Å². The molecule has 2 aromatic heterocycles. The van der Waals surface area contributed by atoms with E-state index in [0.717, 1.165) is 0 Å². The summed E-state index contributed by atoms with van der Waals surface area (Å²) in [6, 6.07) is 34.2. The molecule has 2 heterocycles. The highest BCUT2D eigenvalue weighted by atomic mass is 19.2. The van der Waals surface area contributed by atoms with Crippen molar-refractivity contribution in [2.24, 2.45) is 0 Å². The smallest absolute Gasteiger partial charge is 0.200 e. The number of hydrogen-bond donors (Lipinski definition) is 0. The number of halogens is 5. The van der Waals surface area contributed by atoms with Crippen LogP contribution in [0.4, 0.5) is 22.0 Å². The van der Waals surface area contributed by atoms with Gasteiger partial charge in [0.25, 0.3) is 0 Å². The Kier molecular flexibility index (Phi) is 7.79. The molecule has 0 bridgehead atoms. The van der Waals surface area contributed by atoms with Crippen molar-refractivity contribution in [2.45, 2.75) is 0 Å². The highest BCUT2D eigenvalue weighted by Crippen LogP contribution is 2.41. The summed E-state index contributed by atoms with van der Waals surface area (Å²) in [6.07, 6.45) is 0. The molecule has 0 atom stereocenters. The van der Waals surface area contributed by atoms with Crippen molar-refractivity contribution in [3.63, 3.8) is 0 Å². The number of pyridine rings is 1. The van der Waals surface area contributed by atoms with Crippen molar-refractivity contribution in [2.75, 3.05) is 0 Å². The summed E-state index contributed by atoms with van der Waals surface area (Å²) in [5.74, 6) is -10.3. The molecule has 0 unspecified atom stereocenters. The van der Waals surface area contributed by atoms with Gasteiger partial charge in [-0.3, -0.25) is 0 Å². The van der Waals surface area contributed by atoms with E-state index < -0.39 is 34.6 Å². The van der Waals surface area contributed by atoms with Crippen LogP contribution in [0.3, 0.4) is 0 Å². The van der Waals surface area contributed by atoms with Gasteiger partial charge in [0.15, 0.2) is 23.3 Å². The van der Waals surface area contributed by atoms with Crippen LogP contribution in [0.5, 0.6) is 0 Å². The van der Waals surface area contributed by atoms with Gasteiger partial charge in [-0.05, 0) is 42.0 Å². The number of fused-ring (bicyclic) bond motifs is 5. The van der Waals surface area contributed by atoms with Crippen LogP contribution in [-0.4, -0.2) is 15.0 Å². The molecule has 0 aliphatic carbocycles. The van der Waals surface area contributed by atoms with Crippen molar-refractivity contribution in [1.82, 2.24) is 15.0 Å². The van der Waals surface area contributed by atoms with E-state index in [4.69, 9.17) is 15.0 Å². The van der Waals surface area contributed by atoms with Crippen LogP contribution in [0.15, 0.2) is 103 Å². The van der Waals surface area contributed by atoms with E-state index in [2.05, 4.69) is 18.2 Å². The standard InChI is InChI=1S/C42H17F5N6/c43-34-32(35(44)37(46)38(47)36(34)45)23-13-15-24(16-14-23)39-31-27(20-50)17-30-42(33(31)28-3-1-2-4-29(28)51-39)53-41(26-11-7-22(19-49)8-12-26)40(52-30)25-9-5-21(18-48)6-10-25/h1-17H. The first-order valence-corrected chi connectivity index (χ1v) is 15.8. The van der Waals surface area contributed by atoms with Gasteiger partial charge in [-0.2, -0.15) is 15.8 Å². The number of rotatable bonds is 4. The second kappa shape index (κ2) is 12.6. The Morgan fingerprint density at radius 3 is 1.47 bits per heavy atom. The molecule has 0 N–H and O–H groups in total. The van der Waals surface area contributed by atoms with Crippen LogP contribution in [-0.2, 0) is 0 Å². The lowest BCUT2D eigenvalue weighted by molar-refractivity contribution is 0.381. The highest BCUT2D eigenvalue weighted by molar-refractivity contribution is 6.22. The van der Waals surface area contributed by atoms with Gasteiger partial charge in [-0.15, -0.1) is 0 Å². The van der Waals surface area contributed by atoms with Crippen molar-refractivity contribution < 1.29 is 22.0 Å². The lowest BCUT2D eigenvalue weighted by Gasteiger charge is -2.16. The minimum atomic E-state index is -2.25. The minimum Gasteiger partial charge on any atom is -0.247 e. The first-order valence-electron chi connectivity index (χ1n) is 15.8. The molecule has 8 aromatic rings. The van der Waals surface area contributed by atoms with Gasteiger partial charge < -0.3 is 0 Å². The first kappa shape index (κ1) is 32.6. The number of nitrogens with zero attached hydrogens (tertiary/aromatic N) is 6. The predicted molar refractivity (Wildman–Crippen MR) is 188 cm³/mol. The fraction of sp³-hybridized carbons (Fsp3) is 0. The molecule has 0 radical (unpaired) electrons. The third-order valence-corrected chi connectivity index (χ3v) is 8.95. The van der Waals surface area contributed by atoms with Crippen molar-refractivity contribution in [3.05, 3.63) is 149 Å². The SMILES string of the molecule is N#Cc1ccc(-c2nc3cc(C#N)c4c(-c5ccc(-c6c(F)c(F)c(F)c(F)c6F)cc5)nc5ccccc5c4c3nc2-c2ccc(C#N)cc2)cc1. The Labute approximate surface area is 296 Å². The summed E-state index contributed by atoms with van der Waals surface area (Å²) in [5, 5.41) is 30.9. The summed E-state index contributed by atoms with van der Waals surface area (Å²) < 4.78 is 71.2. The average molecular weight is 701 g/mol. The lowest BCUT2D eigenvalue weighted by Crippen LogP contribution is -2.04. The molecule has 6 aromatic carbocycles. The molecular weight excluding hydrogens is 683 g/mol. The van der Waals surface area contributed by atoms with Crippen LogP contribution >= 0.6 is 0 Å². The molecule has 0 spiro atoms. The number of benzene rings is 6. The lowest BCUT2D eigenvalue weighted by atomic mass is 9.93. The summed E-state index contributed by atoms with van der Waals surface area (Å²) in [4.78, 5) is 15.1. The molecule has 53 heavy (non-hydrogen) atoms. The van der Waals surface area contributed by atoms with E-state index in [0.29, 0.717) is 77.6 Å². The molecule has 0 aliphatic rings. The third-order valence-electron chi connectivity index (χ3n) is 8.95. The number of aromatic nitrogens is 3. The first-order chi connectivity index (χ1) is 25.7. The largest absolute Gasteiger partial charge is 0.247 e. The normalized spacial score (nSPS) is 11.1. The van der Waals surface area contributed by atoms with Crippen molar-refractivity contribution >= 4 is 32.7 Å². The van der Waals surface area contributed by atoms with Gasteiger partial charge >= 0.3 is 0 Å². The molecule has 250 valence electrons. The Hall–Kier alpha value is -7.55. The maximum absolute atomic E-state index is 14.7. The number of para-hydroxylation sites is 1. The molecule has 0 saturated carbocycles. The second-order valence-corrected chi connectivity index (χ2v) is 12.0. The zero-order valence-corrected chi connectivity index (χ0v) is 26.9. The van der Waals surface area contributed by atoms with E-state index in [9.17, 15) is 37.7 Å². The predicted octanol–water partition coefficient (Wildman–Crippen LogP) is 10.3. The highest BCUT2D eigenvalue weighted by Gasteiger charge is 2.27. The third kappa shape index (κ3) is 5.26. The topological polar surface area (TPSA) is 110 Å². The van der Waals surface area contributed by atoms with E-state index in [-0.39, 0.29) is 11.1 Å². The molecule has 0 saturated heterocycles. The van der Waals surface area contributed by atoms with Gasteiger partial charge in [0.2, 0.25) is 5.82 Å². The Morgan fingerprint density at radius 1 is 0.434 bits per heavy atom. The number of hydrogen-bond acceptors (Lipinski definition) is 6. The summed E-state index contributed by atoms with van der Waals surface area (Å²) in [7, 11) is 0. The maximum Gasteiger partial charge on any atom is 0.200 e. The molecule has 0 amide bonds. The Balaban J connectivity index is 1.43. The second-order valence-electron chi connectivity index (χ2n) is 12.0. The van der Waals surface area contributed by atoms with Crippen LogP contribution in [0, 0.1) is 63.1 Å². The zero-order valence-electron chi connectivity index (χ0n) is 26.9. The molecule has 11 heteroatoms. The van der Waals surface area contributed by atoms with Crippen molar-refractivity contribution in [3.8, 4) is 63.1 Å².